The van der Waals surface area contributed by atoms with Crippen molar-refractivity contribution in [3.05, 3.63) is 28.2 Å². The molecule has 1 atom stereocenters. The third-order valence-electron chi connectivity index (χ3n) is 2.22. The van der Waals surface area contributed by atoms with E-state index in [4.69, 9.17) is 0 Å². The predicted molar refractivity (Wildman–Crippen MR) is 72.4 cm³/mol. The average molecular weight is 405 g/mol. The van der Waals surface area contributed by atoms with Crippen LogP contribution < -0.4 is 5.32 Å². The first kappa shape index (κ1) is 16.3. The number of hydrogen-bond acceptors (Lipinski definition) is 3. The maximum Gasteiger partial charge on any atom is 0.418 e. The van der Waals surface area contributed by atoms with Crippen LogP contribution in [0.3, 0.4) is 0 Å². The number of benzene rings is 1. The molecule has 8 heteroatoms. The zero-order valence-electron chi connectivity index (χ0n) is 9.72. The van der Waals surface area contributed by atoms with E-state index in [0.29, 0.717) is 4.47 Å². The number of carbonyl (C=O) groups excluding carboxylic acids is 1. The fourth-order valence-corrected chi connectivity index (χ4v) is 2.03. The summed E-state index contributed by atoms with van der Waals surface area (Å²) in [6.07, 6.45) is -4.47. The van der Waals surface area contributed by atoms with Gasteiger partial charge >= 0.3 is 12.1 Å². The molecular weight excluding hydrogens is 395 g/mol. The van der Waals surface area contributed by atoms with Gasteiger partial charge in [0.2, 0.25) is 0 Å². The normalized spacial score (nSPS) is 12.9. The molecule has 1 rings (SSSR count). The summed E-state index contributed by atoms with van der Waals surface area (Å²) in [4.78, 5) is 10.4. The molecule has 3 nitrogen and oxygen atoms in total. The first-order valence-corrected chi connectivity index (χ1v) is 6.79. The molecule has 0 radical (unpaired) electrons. The number of anilines is 1. The lowest BCUT2D eigenvalue weighted by atomic mass is 10.1. The largest absolute Gasteiger partial charge is 0.468 e. The second-order valence-corrected chi connectivity index (χ2v) is 5.58. The van der Waals surface area contributed by atoms with Crippen molar-refractivity contribution in [3.63, 3.8) is 0 Å². The van der Waals surface area contributed by atoms with Crippen molar-refractivity contribution in [1.29, 1.82) is 0 Å². The van der Waals surface area contributed by atoms with Gasteiger partial charge < -0.3 is 10.1 Å². The number of rotatable bonds is 4. The van der Waals surface area contributed by atoms with Gasteiger partial charge in [-0.3, -0.25) is 4.79 Å². The molecule has 1 N–H and O–H groups in total. The van der Waals surface area contributed by atoms with E-state index >= 15 is 0 Å². The molecule has 0 aliphatic rings. The number of alkyl halides is 4. The van der Waals surface area contributed by atoms with Gasteiger partial charge in [-0.25, -0.2) is 0 Å². The zero-order chi connectivity index (χ0) is 14.6. The molecule has 0 spiro atoms. The summed E-state index contributed by atoms with van der Waals surface area (Å²) in [5.74, 6) is -0.557. The van der Waals surface area contributed by atoms with E-state index in [9.17, 15) is 18.0 Å². The highest BCUT2D eigenvalue weighted by molar-refractivity contribution is 9.10. The summed E-state index contributed by atoms with van der Waals surface area (Å²) >= 11 is 6.01. The average Bonchev–Trinajstić information content (AvgIpc) is 2.34. The summed E-state index contributed by atoms with van der Waals surface area (Å²) in [5.41, 5.74) is -0.893. The highest BCUT2D eigenvalue weighted by Gasteiger charge is 2.33. The number of nitrogens with one attached hydrogen (secondary N) is 1. The van der Waals surface area contributed by atoms with Gasteiger partial charge in [0.15, 0.2) is 0 Å². The molecule has 0 bridgehead atoms. The van der Waals surface area contributed by atoms with E-state index in [0.717, 1.165) is 6.07 Å². The molecule has 0 aliphatic heterocycles. The molecule has 0 amide bonds. The van der Waals surface area contributed by atoms with Crippen molar-refractivity contribution in [1.82, 2.24) is 0 Å². The van der Waals surface area contributed by atoms with E-state index in [1.165, 1.54) is 19.2 Å². The first-order chi connectivity index (χ1) is 8.75. The van der Waals surface area contributed by atoms with Crippen LogP contribution in [-0.2, 0) is 15.7 Å². The summed E-state index contributed by atoms with van der Waals surface area (Å²) < 4.78 is 43.2. The quantitative estimate of drug-likeness (QED) is 0.612. The zero-order valence-corrected chi connectivity index (χ0v) is 12.9. The highest BCUT2D eigenvalue weighted by atomic mass is 79.9. The predicted octanol–water partition coefficient (Wildman–Crippen LogP) is 3.82. The van der Waals surface area contributed by atoms with Crippen molar-refractivity contribution in [3.8, 4) is 0 Å². The topological polar surface area (TPSA) is 38.3 Å². The van der Waals surface area contributed by atoms with Gasteiger partial charge in [-0.15, -0.1) is 0 Å². The standard InChI is InChI=1S/C11H10Br2F3NO2/c1-19-10(18)8(13)5-17-9-3-2-6(12)4-7(9)11(14,15)16/h2-4,8,17H,5H2,1H3. The van der Waals surface area contributed by atoms with E-state index < -0.39 is 22.5 Å². The van der Waals surface area contributed by atoms with Crippen LogP contribution in [-0.4, -0.2) is 24.5 Å². The summed E-state index contributed by atoms with van der Waals surface area (Å²) in [5, 5.41) is 2.57. The van der Waals surface area contributed by atoms with Crippen LogP contribution in [0.4, 0.5) is 18.9 Å². The monoisotopic (exact) mass is 403 g/mol. The lowest BCUT2D eigenvalue weighted by molar-refractivity contribution is -0.139. The Morgan fingerprint density at radius 2 is 2.11 bits per heavy atom. The van der Waals surface area contributed by atoms with E-state index in [1.807, 2.05) is 0 Å². The van der Waals surface area contributed by atoms with Crippen molar-refractivity contribution < 1.29 is 22.7 Å². The second kappa shape index (κ2) is 6.60. The van der Waals surface area contributed by atoms with E-state index in [1.54, 1.807) is 0 Å². The third kappa shape index (κ3) is 4.68. The van der Waals surface area contributed by atoms with Crippen LogP contribution in [0.15, 0.2) is 22.7 Å². The van der Waals surface area contributed by atoms with Gasteiger partial charge in [0, 0.05) is 16.7 Å². The fourth-order valence-electron chi connectivity index (χ4n) is 1.32. The number of methoxy groups -OCH3 is 1. The Kier molecular flexibility index (Phi) is 5.66. The first-order valence-electron chi connectivity index (χ1n) is 5.08. The molecule has 1 unspecified atom stereocenters. The van der Waals surface area contributed by atoms with Gasteiger partial charge in [0.05, 0.1) is 12.7 Å². The van der Waals surface area contributed by atoms with Gasteiger partial charge in [0.25, 0.3) is 0 Å². The Labute approximate surface area is 124 Å². The van der Waals surface area contributed by atoms with Crippen LogP contribution in [0, 0.1) is 0 Å². The Morgan fingerprint density at radius 3 is 2.63 bits per heavy atom. The summed E-state index contributed by atoms with van der Waals surface area (Å²) in [7, 11) is 1.21. The Morgan fingerprint density at radius 1 is 1.47 bits per heavy atom. The van der Waals surface area contributed by atoms with Gasteiger partial charge in [-0.1, -0.05) is 31.9 Å². The maximum atomic E-state index is 12.8. The molecule has 1 aromatic carbocycles. The van der Waals surface area contributed by atoms with E-state index in [-0.39, 0.29) is 12.2 Å². The van der Waals surface area contributed by atoms with Crippen molar-refractivity contribution in [2.75, 3.05) is 19.0 Å². The van der Waals surface area contributed by atoms with E-state index in [2.05, 4.69) is 41.9 Å². The van der Waals surface area contributed by atoms with Gasteiger partial charge in [-0.05, 0) is 18.2 Å². The number of halogens is 5. The fraction of sp³-hybridized carbons (Fsp3) is 0.364. The maximum absolute atomic E-state index is 12.8. The molecule has 1 aromatic rings. The molecule has 0 aliphatic carbocycles. The number of ether oxygens (including phenoxy) is 1. The molecule has 0 saturated carbocycles. The van der Waals surface area contributed by atoms with Crippen LogP contribution in [0.1, 0.15) is 5.56 Å². The van der Waals surface area contributed by atoms with Crippen LogP contribution in [0.5, 0.6) is 0 Å². The van der Waals surface area contributed by atoms with Crippen molar-refractivity contribution >= 4 is 43.5 Å². The molecule has 106 valence electrons. The Balaban J connectivity index is 2.87. The molecule has 0 saturated heterocycles. The number of hydrogen-bond donors (Lipinski definition) is 1. The SMILES string of the molecule is COC(=O)C(Br)CNc1ccc(Br)cc1C(F)(F)F. The van der Waals surface area contributed by atoms with Crippen molar-refractivity contribution in [2.45, 2.75) is 11.0 Å². The van der Waals surface area contributed by atoms with Crippen LogP contribution in [0.25, 0.3) is 0 Å². The number of carbonyl (C=O) groups is 1. The summed E-state index contributed by atoms with van der Waals surface area (Å²) in [6, 6.07) is 3.76. The lowest BCUT2D eigenvalue weighted by Crippen LogP contribution is -2.25. The summed E-state index contributed by atoms with van der Waals surface area (Å²) in [6.45, 7) is -0.0165. The number of esters is 1. The molecule has 0 fully saturated rings. The molecular formula is C11H10Br2F3NO2. The molecule has 19 heavy (non-hydrogen) atoms. The third-order valence-corrected chi connectivity index (χ3v) is 3.41. The minimum absolute atomic E-state index is 0.0165. The lowest BCUT2D eigenvalue weighted by Gasteiger charge is -2.16. The molecule has 0 heterocycles. The minimum atomic E-state index is -4.47. The van der Waals surface area contributed by atoms with Gasteiger partial charge in [-0.2, -0.15) is 13.2 Å². The van der Waals surface area contributed by atoms with Crippen LogP contribution in [0.2, 0.25) is 0 Å². The smallest absolute Gasteiger partial charge is 0.418 e. The van der Waals surface area contributed by atoms with Crippen LogP contribution >= 0.6 is 31.9 Å². The van der Waals surface area contributed by atoms with Crippen molar-refractivity contribution in [2.24, 2.45) is 0 Å². The Bertz CT molecular complexity index is 466. The Hall–Kier alpha value is -0.760. The highest BCUT2D eigenvalue weighted by Crippen LogP contribution is 2.36. The minimum Gasteiger partial charge on any atom is -0.468 e. The van der Waals surface area contributed by atoms with Gasteiger partial charge in [0.1, 0.15) is 4.83 Å². The molecule has 0 aromatic heterocycles. The second-order valence-electron chi connectivity index (χ2n) is 3.56.